The second-order valence-corrected chi connectivity index (χ2v) is 6.45. The molecule has 5 nitrogen and oxygen atoms in total. The fourth-order valence-electron chi connectivity index (χ4n) is 3.12. The molecule has 132 valence electrons. The maximum absolute atomic E-state index is 12.6. The minimum atomic E-state index is -0.159. The summed E-state index contributed by atoms with van der Waals surface area (Å²) in [7, 11) is 3.74. The Kier molecular flexibility index (Phi) is 5.24. The van der Waals surface area contributed by atoms with Gasteiger partial charge in [0.05, 0.1) is 12.7 Å². The first-order valence-corrected chi connectivity index (χ1v) is 8.57. The minimum absolute atomic E-state index is 0.159. The third-order valence-corrected chi connectivity index (χ3v) is 4.65. The van der Waals surface area contributed by atoms with Crippen LogP contribution in [0.25, 0.3) is 0 Å². The van der Waals surface area contributed by atoms with Crippen molar-refractivity contribution in [3.63, 3.8) is 0 Å². The number of likely N-dealkylation sites (N-methyl/N-ethyl adjacent to an activating group) is 1. The van der Waals surface area contributed by atoms with Gasteiger partial charge in [-0.2, -0.15) is 0 Å². The summed E-state index contributed by atoms with van der Waals surface area (Å²) in [5.41, 5.74) is 3.47. The van der Waals surface area contributed by atoms with Crippen molar-refractivity contribution in [3.05, 3.63) is 53.6 Å². The summed E-state index contributed by atoms with van der Waals surface area (Å²) in [6.07, 6.45) is 0. The molecule has 1 aliphatic rings. The molecule has 0 atom stereocenters. The quantitative estimate of drug-likeness (QED) is 0.930. The van der Waals surface area contributed by atoms with E-state index in [-0.39, 0.29) is 5.91 Å². The number of rotatable bonds is 4. The zero-order chi connectivity index (χ0) is 17.8. The summed E-state index contributed by atoms with van der Waals surface area (Å²) in [6.45, 7) is 6.14. The van der Waals surface area contributed by atoms with Crippen LogP contribution in [0.15, 0.2) is 42.5 Å². The van der Waals surface area contributed by atoms with E-state index in [2.05, 4.69) is 34.3 Å². The van der Waals surface area contributed by atoms with Crippen LogP contribution < -0.4 is 15.0 Å². The smallest absolute Gasteiger partial charge is 0.259 e. The Morgan fingerprint density at radius 1 is 1.04 bits per heavy atom. The molecule has 0 unspecified atom stereocenters. The summed E-state index contributed by atoms with van der Waals surface area (Å²) < 4.78 is 5.37. The number of ether oxygens (including phenoxy) is 1. The largest absolute Gasteiger partial charge is 0.496 e. The van der Waals surface area contributed by atoms with Gasteiger partial charge < -0.3 is 19.9 Å². The molecule has 2 aromatic carbocycles. The number of hydrogen-bond donors (Lipinski definition) is 1. The number of nitrogens with zero attached hydrogens (tertiary/aromatic N) is 2. The van der Waals surface area contributed by atoms with Gasteiger partial charge in [0.1, 0.15) is 5.75 Å². The minimum Gasteiger partial charge on any atom is -0.496 e. The van der Waals surface area contributed by atoms with E-state index in [1.165, 1.54) is 5.69 Å². The van der Waals surface area contributed by atoms with Gasteiger partial charge in [0.2, 0.25) is 0 Å². The number of aryl methyl sites for hydroxylation is 1. The predicted molar refractivity (Wildman–Crippen MR) is 102 cm³/mol. The highest BCUT2D eigenvalue weighted by molar-refractivity contribution is 6.06. The number of carbonyl (C=O) groups is 1. The predicted octanol–water partition coefficient (Wildman–Crippen LogP) is 3.01. The molecule has 2 aromatic rings. The summed E-state index contributed by atoms with van der Waals surface area (Å²) >= 11 is 0. The van der Waals surface area contributed by atoms with Crippen molar-refractivity contribution in [1.82, 2.24) is 4.90 Å². The molecule has 5 heteroatoms. The fraction of sp³-hybridized carbons (Fsp3) is 0.350. The molecule has 1 aliphatic heterocycles. The van der Waals surface area contributed by atoms with Crippen molar-refractivity contribution in [1.29, 1.82) is 0 Å². The van der Waals surface area contributed by atoms with Gasteiger partial charge in [-0.1, -0.05) is 12.1 Å². The van der Waals surface area contributed by atoms with E-state index in [1.54, 1.807) is 13.2 Å². The summed E-state index contributed by atoms with van der Waals surface area (Å²) in [5, 5.41) is 2.95. The first-order valence-electron chi connectivity index (χ1n) is 8.57. The Morgan fingerprint density at radius 3 is 2.36 bits per heavy atom. The molecular weight excluding hydrogens is 314 g/mol. The van der Waals surface area contributed by atoms with Crippen molar-refractivity contribution in [3.8, 4) is 5.75 Å². The highest BCUT2D eigenvalue weighted by Gasteiger charge is 2.16. The monoisotopic (exact) mass is 339 g/mol. The lowest BCUT2D eigenvalue weighted by Gasteiger charge is -2.34. The van der Waals surface area contributed by atoms with Gasteiger partial charge in [-0.25, -0.2) is 0 Å². The lowest BCUT2D eigenvalue weighted by Crippen LogP contribution is -2.44. The molecule has 1 saturated heterocycles. The fourth-order valence-corrected chi connectivity index (χ4v) is 3.12. The molecule has 0 saturated carbocycles. The molecule has 0 aliphatic carbocycles. The van der Waals surface area contributed by atoms with Crippen LogP contribution in [0.1, 0.15) is 15.9 Å². The van der Waals surface area contributed by atoms with Crippen molar-refractivity contribution in [2.75, 3.05) is 50.6 Å². The van der Waals surface area contributed by atoms with Gasteiger partial charge in [-0.15, -0.1) is 0 Å². The van der Waals surface area contributed by atoms with Crippen LogP contribution in [0.5, 0.6) is 5.75 Å². The molecule has 0 aromatic heterocycles. The van der Waals surface area contributed by atoms with E-state index >= 15 is 0 Å². The van der Waals surface area contributed by atoms with E-state index in [4.69, 9.17) is 4.74 Å². The van der Waals surface area contributed by atoms with Crippen LogP contribution in [0.4, 0.5) is 11.4 Å². The number of methoxy groups -OCH3 is 1. The Bertz CT molecular complexity index is 735. The van der Waals surface area contributed by atoms with Gasteiger partial charge >= 0.3 is 0 Å². The van der Waals surface area contributed by atoms with Crippen LogP contribution in [0.2, 0.25) is 0 Å². The number of anilines is 2. The highest BCUT2D eigenvalue weighted by Crippen LogP contribution is 2.25. The average molecular weight is 339 g/mol. The van der Waals surface area contributed by atoms with Crippen LogP contribution in [-0.4, -0.2) is 51.1 Å². The van der Waals surface area contributed by atoms with Gasteiger partial charge in [0.25, 0.3) is 5.91 Å². The van der Waals surface area contributed by atoms with Gasteiger partial charge in [0.15, 0.2) is 0 Å². The standard InChI is InChI=1S/C20H25N3O2/c1-15-5-4-6-18(19(15)25-3)20(24)21-16-7-9-17(10-8-16)23-13-11-22(2)12-14-23/h4-10H,11-14H2,1-3H3,(H,21,24). The zero-order valence-corrected chi connectivity index (χ0v) is 15.1. The Morgan fingerprint density at radius 2 is 1.72 bits per heavy atom. The first kappa shape index (κ1) is 17.3. The molecule has 25 heavy (non-hydrogen) atoms. The second kappa shape index (κ2) is 7.57. The SMILES string of the molecule is COc1c(C)cccc1C(=O)Nc1ccc(N2CCN(C)CC2)cc1. The van der Waals surface area contributed by atoms with Crippen LogP contribution >= 0.6 is 0 Å². The third kappa shape index (κ3) is 3.94. The van der Waals surface area contributed by atoms with Gasteiger partial charge in [0, 0.05) is 37.6 Å². The topological polar surface area (TPSA) is 44.8 Å². The van der Waals surface area contributed by atoms with E-state index in [1.807, 2.05) is 31.2 Å². The molecule has 0 radical (unpaired) electrons. The summed E-state index contributed by atoms with van der Waals surface area (Å²) in [6, 6.07) is 13.6. The molecule has 0 bridgehead atoms. The molecule has 0 spiro atoms. The number of piperazine rings is 1. The van der Waals surface area contributed by atoms with Crippen molar-refractivity contribution in [2.24, 2.45) is 0 Å². The number of carbonyl (C=O) groups excluding carboxylic acids is 1. The normalized spacial score (nSPS) is 15.1. The molecule has 3 rings (SSSR count). The zero-order valence-electron chi connectivity index (χ0n) is 15.1. The Labute approximate surface area is 149 Å². The molecule has 1 N–H and O–H groups in total. The van der Waals surface area contributed by atoms with E-state index in [0.29, 0.717) is 11.3 Å². The average Bonchev–Trinajstić information content (AvgIpc) is 2.63. The van der Waals surface area contributed by atoms with E-state index < -0.39 is 0 Å². The molecule has 1 amide bonds. The third-order valence-electron chi connectivity index (χ3n) is 4.65. The van der Waals surface area contributed by atoms with Crippen molar-refractivity contribution < 1.29 is 9.53 Å². The summed E-state index contributed by atoms with van der Waals surface area (Å²) in [4.78, 5) is 17.3. The van der Waals surface area contributed by atoms with Crippen molar-refractivity contribution in [2.45, 2.75) is 6.92 Å². The molecular formula is C20H25N3O2. The lowest BCUT2D eigenvalue weighted by molar-refractivity contribution is 0.102. The maximum atomic E-state index is 12.6. The molecule has 1 fully saturated rings. The summed E-state index contributed by atoms with van der Waals surface area (Å²) in [5.74, 6) is 0.460. The Hall–Kier alpha value is -2.53. The van der Waals surface area contributed by atoms with Crippen LogP contribution in [0.3, 0.4) is 0 Å². The highest BCUT2D eigenvalue weighted by atomic mass is 16.5. The van der Waals surface area contributed by atoms with Crippen molar-refractivity contribution >= 4 is 17.3 Å². The number of amides is 1. The molecule has 1 heterocycles. The second-order valence-electron chi connectivity index (χ2n) is 6.45. The number of para-hydroxylation sites is 1. The van der Waals surface area contributed by atoms with Crippen LogP contribution in [0, 0.1) is 6.92 Å². The van der Waals surface area contributed by atoms with Gasteiger partial charge in [-0.05, 0) is 49.9 Å². The number of benzene rings is 2. The number of nitrogens with one attached hydrogen (secondary N) is 1. The maximum Gasteiger partial charge on any atom is 0.259 e. The van der Waals surface area contributed by atoms with E-state index in [0.717, 1.165) is 37.4 Å². The van der Waals surface area contributed by atoms with E-state index in [9.17, 15) is 4.79 Å². The Balaban J connectivity index is 1.69. The number of hydrogen-bond acceptors (Lipinski definition) is 4. The van der Waals surface area contributed by atoms with Gasteiger partial charge in [-0.3, -0.25) is 4.79 Å². The van der Waals surface area contributed by atoms with Crippen LogP contribution in [-0.2, 0) is 0 Å². The lowest BCUT2D eigenvalue weighted by atomic mass is 10.1. The first-order chi connectivity index (χ1) is 12.1.